The van der Waals surface area contributed by atoms with E-state index in [-0.39, 0.29) is 11.3 Å². The third kappa shape index (κ3) is 2.27. The molecule has 0 aromatic carbocycles. The number of aromatic nitrogens is 3. The summed E-state index contributed by atoms with van der Waals surface area (Å²) >= 11 is 0. The van der Waals surface area contributed by atoms with Gasteiger partial charge in [0.05, 0.1) is 18.3 Å². The SMILES string of the molecule is O=C(O)CC(c1cnc2cnccn12)C(F)(F)F. The molecular formula is C10H8F3N3O2. The number of alkyl halides is 3. The molecule has 96 valence electrons. The fourth-order valence-corrected chi connectivity index (χ4v) is 1.68. The molecule has 5 nitrogen and oxygen atoms in total. The van der Waals surface area contributed by atoms with Crippen molar-refractivity contribution in [3.05, 3.63) is 30.5 Å². The molecule has 1 unspecified atom stereocenters. The fraction of sp³-hybridized carbons (Fsp3) is 0.300. The molecule has 0 aliphatic rings. The van der Waals surface area contributed by atoms with E-state index in [0.717, 1.165) is 6.20 Å². The predicted octanol–water partition coefficient (Wildman–Crippen LogP) is 1.85. The van der Waals surface area contributed by atoms with Gasteiger partial charge in [-0.25, -0.2) is 4.98 Å². The number of nitrogens with zero attached hydrogens (tertiary/aromatic N) is 3. The van der Waals surface area contributed by atoms with Gasteiger partial charge < -0.3 is 9.51 Å². The molecule has 0 fully saturated rings. The van der Waals surface area contributed by atoms with Crippen LogP contribution in [-0.2, 0) is 4.79 Å². The summed E-state index contributed by atoms with van der Waals surface area (Å²) < 4.78 is 39.7. The minimum Gasteiger partial charge on any atom is -0.481 e. The van der Waals surface area contributed by atoms with E-state index in [4.69, 9.17) is 5.11 Å². The Bertz CT molecular complexity index is 579. The predicted molar refractivity (Wildman–Crippen MR) is 54.0 cm³/mol. The molecule has 1 N–H and O–H groups in total. The molecule has 0 amide bonds. The van der Waals surface area contributed by atoms with Crippen molar-refractivity contribution in [1.82, 2.24) is 14.4 Å². The molecule has 0 saturated carbocycles. The summed E-state index contributed by atoms with van der Waals surface area (Å²) in [6, 6.07) is 0. The minimum atomic E-state index is -4.64. The smallest absolute Gasteiger partial charge is 0.397 e. The van der Waals surface area contributed by atoms with Gasteiger partial charge in [-0.3, -0.25) is 9.78 Å². The maximum absolute atomic E-state index is 12.9. The van der Waals surface area contributed by atoms with Crippen LogP contribution in [0.15, 0.2) is 24.8 Å². The highest BCUT2D eigenvalue weighted by Gasteiger charge is 2.43. The maximum Gasteiger partial charge on any atom is 0.397 e. The summed E-state index contributed by atoms with van der Waals surface area (Å²) in [5.74, 6) is -3.60. The average Bonchev–Trinajstić information content (AvgIpc) is 2.67. The van der Waals surface area contributed by atoms with E-state index in [1.807, 2.05) is 0 Å². The molecule has 18 heavy (non-hydrogen) atoms. The first kappa shape index (κ1) is 12.3. The van der Waals surface area contributed by atoms with Gasteiger partial charge in [0, 0.05) is 18.6 Å². The Morgan fingerprint density at radius 3 is 2.78 bits per heavy atom. The van der Waals surface area contributed by atoms with Gasteiger partial charge in [0.25, 0.3) is 0 Å². The molecule has 2 rings (SSSR count). The van der Waals surface area contributed by atoms with Crippen LogP contribution in [0.2, 0.25) is 0 Å². The number of hydrogen-bond acceptors (Lipinski definition) is 3. The second kappa shape index (κ2) is 4.28. The molecule has 0 aliphatic carbocycles. The molecular weight excluding hydrogens is 251 g/mol. The first-order valence-electron chi connectivity index (χ1n) is 4.95. The first-order valence-corrected chi connectivity index (χ1v) is 4.95. The number of halogens is 3. The number of rotatable bonds is 3. The van der Waals surface area contributed by atoms with Crippen molar-refractivity contribution >= 4 is 11.6 Å². The third-order valence-corrected chi connectivity index (χ3v) is 2.48. The van der Waals surface area contributed by atoms with Crippen molar-refractivity contribution in [1.29, 1.82) is 0 Å². The second-order valence-corrected chi connectivity index (χ2v) is 3.68. The highest BCUT2D eigenvalue weighted by molar-refractivity contribution is 5.68. The van der Waals surface area contributed by atoms with Crippen LogP contribution in [0.4, 0.5) is 13.2 Å². The molecule has 0 saturated heterocycles. The Morgan fingerprint density at radius 2 is 2.17 bits per heavy atom. The Labute approximate surface area is 98.9 Å². The minimum absolute atomic E-state index is 0.206. The summed E-state index contributed by atoms with van der Waals surface area (Å²) in [6.07, 6.45) is -0.711. The second-order valence-electron chi connectivity index (χ2n) is 3.68. The van der Waals surface area contributed by atoms with Crippen molar-refractivity contribution in [3.8, 4) is 0 Å². The topological polar surface area (TPSA) is 67.5 Å². The zero-order valence-corrected chi connectivity index (χ0v) is 8.92. The lowest BCUT2D eigenvalue weighted by molar-refractivity contribution is -0.164. The summed E-state index contributed by atoms with van der Waals surface area (Å²) in [5.41, 5.74) is 0.0365. The molecule has 0 aliphatic heterocycles. The Hall–Kier alpha value is -2.12. The standard InChI is InChI=1S/C10H8F3N3O2/c11-10(12,13)6(3-9(17)18)7-4-15-8-5-14-1-2-16(7)8/h1-2,4-6H,3H2,(H,17,18). The monoisotopic (exact) mass is 259 g/mol. The van der Waals surface area contributed by atoms with Crippen LogP contribution in [-0.4, -0.2) is 31.6 Å². The lowest BCUT2D eigenvalue weighted by atomic mass is 10.0. The third-order valence-electron chi connectivity index (χ3n) is 2.48. The zero-order valence-electron chi connectivity index (χ0n) is 8.92. The molecule has 2 aromatic heterocycles. The van der Waals surface area contributed by atoms with Crippen molar-refractivity contribution in [3.63, 3.8) is 0 Å². The van der Waals surface area contributed by atoms with E-state index < -0.39 is 24.5 Å². The Morgan fingerprint density at radius 1 is 1.44 bits per heavy atom. The van der Waals surface area contributed by atoms with Crippen molar-refractivity contribution in [2.75, 3.05) is 0 Å². The Kier molecular flexibility index (Phi) is 2.93. The zero-order chi connectivity index (χ0) is 13.3. The number of aliphatic carboxylic acids is 1. The number of carboxylic acid groups (broad SMARTS) is 1. The van der Waals surface area contributed by atoms with Gasteiger partial charge in [-0.05, 0) is 0 Å². The van der Waals surface area contributed by atoms with Gasteiger partial charge in [0.2, 0.25) is 0 Å². The largest absolute Gasteiger partial charge is 0.481 e. The number of carboxylic acids is 1. The lowest BCUT2D eigenvalue weighted by Gasteiger charge is -2.17. The molecule has 0 radical (unpaired) electrons. The van der Waals surface area contributed by atoms with E-state index in [2.05, 4.69) is 9.97 Å². The Balaban J connectivity index is 2.51. The van der Waals surface area contributed by atoms with Crippen LogP contribution in [0.5, 0.6) is 0 Å². The lowest BCUT2D eigenvalue weighted by Crippen LogP contribution is -2.24. The van der Waals surface area contributed by atoms with Crippen LogP contribution in [0, 0.1) is 0 Å². The van der Waals surface area contributed by atoms with E-state index in [9.17, 15) is 18.0 Å². The van der Waals surface area contributed by atoms with Gasteiger partial charge in [0.15, 0.2) is 5.65 Å². The molecule has 0 spiro atoms. The van der Waals surface area contributed by atoms with Gasteiger partial charge in [-0.1, -0.05) is 0 Å². The van der Waals surface area contributed by atoms with E-state index >= 15 is 0 Å². The normalized spacial score (nSPS) is 13.7. The van der Waals surface area contributed by atoms with Gasteiger partial charge in [-0.2, -0.15) is 13.2 Å². The van der Waals surface area contributed by atoms with Crippen molar-refractivity contribution < 1.29 is 23.1 Å². The van der Waals surface area contributed by atoms with Gasteiger partial charge in [-0.15, -0.1) is 0 Å². The average molecular weight is 259 g/mol. The highest BCUT2D eigenvalue weighted by Crippen LogP contribution is 2.37. The van der Waals surface area contributed by atoms with Crippen LogP contribution < -0.4 is 0 Å². The summed E-state index contributed by atoms with van der Waals surface area (Å²) in [4.78, 5) is 18.0. The number of imidazole rings is 1. The van der Waals surface area contributed by atoms with Crippen LogP contribution in [0.3, 0.4) is 0 Å². The first-order chi connectivity index (χ1) is 8.39. The van der Waals surface area contributed by atoms with Gasteiger partial charge >= 0.3 is 12.1 Å². The fourth-order valence-electron chi connectivity index (χ4n) is 1.68. The summed E-state index contributed by atoms with van der Waals surface area (Å²) in [7, 11) is 0. The van der Waals surface area contributed by atoms with E-state index in [1.54, 1.807) is 0 Å². The molecule has 2 aromatic rings. The van der Waals surface area contributed by atoms with Crippen LogP contribution >= 0.6 is 0 Å². The summed E-state index contributed by atoms with van der Waals surface area (Å²) in [6.45, 7) is 0. The van der Waals surface area contributed by atoms with Crippen LogP contribution in [0.1, 0.15) is 18.0 Å². The highest BCUT2D eigenvalue weighted by atomic mass is 19.4. The molecule has 0 bridgehead atoms. The quantitative estimate of drug-likeness (QED) is 0.913. The molecule has 1 atom stereocenters. The van der Waals surface area contributed by atoms with Crippen molar-refractivity contribution in [2.45, 2.75) is 18.5 Å². The van der Waals surface area contributed by atoms with E-state index in [0.29, 0.717) is 0 Å². The van der Waals surface area contributed by atoms with Crippen LogP contribution in [0.25, 0.3) is 5.65 Å². The molecule has 8 heteroatoms. The number of carbonyl (C=O) groups is 1. The summed E-state index contributed by atoms with van der Waals surface area (Å²) in [5, 5.41) is 8.58. The van der Waals surface area contributed by atoms with Gasteiger partial charge in [0.1, 0.15) is 5.92 Å². The number of hydrogen-bond donors (Lipinski definition) is 1. The van der Waals surface area contributed by atoms with Crippen molar-refractivity contribution in [2.24, 2.45) is 0 Å². The van der Waals surface area contributed by atoms with E-state index in [1.165, 1.54) is 23.0 Å². The number of fused-ring (bicyclic) bond motifs is 1. The molecule has 2 heterocycles. The maximum atomic E-state index is 12.9.